The lowest BCUT2D eigenvalue weighted by atomic mass is 10.0. The van der Waals surface area contributed by atoms with E-state index in [1.165, 1.54) is 11.0 Å². The highest BCUT2D eigenvalue weighted by atomic mass is 35.5. The molecule has 1 aromatic heterocycles. The van der Waals surface area contributed by atoms with Crippen LogP contribution < -0.4 is 11.1 Å². The smallest absolute Gasteiger partial charge is 0.258 e. The molecule has 1 heterocycles. The molecule has 142 valence electrons. The summed E-state index contributed by atoms with van der Waals surface area (Å²) in [6.07, 6.45) is 2.49. The third kappa shape index (κ3) is 3.47. The number of amides is 2. The number of benzene rings is 1. The molecule has 6 nitrogen and oxygen atoms in total. The second-order valence-corrected chi connectivity index (χ2v) is 6.89. The molecule has 0 saturated carbocycles. The van der Waals surface area contributed by atoms with Crippen LogP contribution in [0.15, 0.2) is 30.5 Å². The summed E-state index contributed by atoms with van der Waals surface area (Å²) in [5.41, 5.74) is 6.94. The van der Waals surface area contributed by atoms with Gasteiger partial charge in [0.25, 0.3) is 5.91 Å². The highest BCUT2D eigenvalue weighted by Gasteiger charge is 2.38. The first-order valence-corrected chi connectivity index (χ1v) is 8.95. The molecule has 1 aliphatic carbocycles. The number of pyridine rings is 1. The van der Waals surface area contributed by atoms with E-state index in [2.05, 4.69) is 10.3 Å². The Morgan fingerprint density at radius 1 is 1.44 bits per heavy atom. The normalized spacial score (nSPS) is 16.5. The predicted octanol–water partition coefficient (Wildman–Crippen LogP) is 2.92. The minimum Gasteiger partial charge on any atom is -0.372 e. The minimum absolute atomic E-state index is 0.245. The van der Waals surface area contributed by atoms with Crippen molar-refractivity contribution in [1.82, 2.24) is 9.88 Å². The van der Waals surface area contributed by atoms with E-state index in [0.29, 0.717) is 35.3 Å². The third-order valence-electron chi connectivity index (χ3n) is 4.90. The number of halogens is 2. The van der Waals surface area contributed by atoms with Crippen molar-refractivity contribution in [3.05, 3.63) is 58.0 Å². The fraction of sp³-hybridized carbons (Fsp3) is 0.316. The van der Waals surface area contributed by atoms with E-state index in [9.17, 15) is 14.0 Å². The molecule has 3 N–H and O–H groups in total. The average molecular weight is 391 g/mol. The Labute approximate surface area is 161 Å². The molecule has 1 aliphatic rings. The van der Waals surface area contributed by atoms with Crippen LogP contribution in [0.3, 0.4) is 0 Å². The lowest BCUT2D eigenvalue weighted by Crippen LogP contribution is -2.47. The van der Waals surface area contributed by atoms with Crippen LogP contribution in [0.1, 0.15) is 40.9 Å². The molecule has 0 saturated heterocycles. The quantitative estimate of drug-likeness (QED) is 0.821. The highest BCUT2D eigenvalue weighted by molar-refractivity contribution is 6.30. The summed E-state index contributed by atoms with van der Waals surface area (Å²) in [6, 6.07) is 4.77. The predicted molar refractivity (Wildman–Crippen MR) is 101 cm³/mol. The molecule has 0 spiro atoms. The van der Waals surface area contributed by atoms with Crippen molar-refractivity contribution in [3.63, 3.8) is 0 Å². The SMILES string of the molecule is CNc1ncccc1C(=O)N([C@H](C)C(N)=O)[C@@H]1CCc2c(F)cc(Cl)cc21. The summed E-state index contributed by atoms with van der Waals surface area (Å²) < 4.78 is 14.3. The van der Waals surface area contributed by atoms with Crippen LogP contribution in [-0.2, 0) is 11.2 Å². The number of hydrogen-bond acceptors (Lipinski definition) is 4. The summed E-state index contributed by atoms with van der Waals surface area (Å²) >= 11 is 6.03. The Morgan fingerprint density at radius 2 is 2.19 bits per heavy atom. The average Bonchev–Trinajstić information content (AvgIpc) is 3.05. The molecular weight excluding hydrogens is 371 g/mol. The minimum atomic E-state index is -0.889. The molecule has 0 bridgehead atoms. The second kappa shape index (κ2) is 7.52. The van der Waals surface area contributed by atoms with Gasteiger partial charge in [-0.1, -0.05) is 11.6 Å². The van der Waals surface area contributed by atoms with E-state index in [-0.39, 0.29) is 5.02 Å². The first-order chi connectivity index (χ1) is 12.8. The number of primary amides is 1. The Morgan fingerprint density at radius 3 is 2.85 bits per heavy atom. The number of anilines is 1. The number of nitrogens with two attached hydrogens (primary N) is 1. The molecule has 2 aromatic rings. The van der Waals surface area contributed by atoms with Crippen molar-refractivity contribution in [2.75, 3.05) is 12.4 Å². The van der Waals surface area contributed by atoms with Gasteiger partial charge in [-0.2, -0.15) is 0 Å². The Bertz CT molecular complexity index is 905. The summed E-state index contributed by atoms with van der Waals surface area (Å²) in [5.74, 6) is -1.07. The van der Waals surface area contributed by atoms with Gasteiger partial charge in [0.2, 0.25) is 5.91 Å². The van der Waals surface area contributed by atoms with Crippen molar-refractivity contribution in [2.45, 2.75) is 31.8 Å². The van der Waals surface area contributed by atoms with Gasteiger partial charge in [-0.3, -0.25) is 9.59 Å². The largest absolute Gasteiger partial charge is 0.372 e. The number of aromatic nitrogens is 1. The summed E-state index contributed by atoms with van der Waals surface area (Å²) in [7, 11) is 1.65. The van der Waals surface area contributed by atoms with Gasteiger partial charge in [-0.15, -0.1) is 0 Å². The molecule has 8 heteroatoms. The molecule has 3 rings (SSSR count). The maximum Gasteiger partial charge on any atom is 0.258 e. The van der Waals surface area contributed by atoms with Crippen molar-refractivity contribution < 1.29 is 14.0 Å². The zero-order valence-corrected chi connectivity index (χ0v) is 15.8. The van der Waals surface area contributed by atoms with Gasteiger partial charge < -0.3 is 16.0 Å². The first kappa shape index (κ1) is 19.1. The maximum atomic E-state index is 14.3. The van der Waals surface area contributed by atoms with Crippen LogP contribution >= 0.6 is 11.6 Å². The molecule has 2 atom stereocenters. The lowest BCUT2D eigenvalue weighted by molar-refractivity contribution is -0.122. The molecule has 1 aromatic carbocycles. The van der Waals surface area contributed by atoms with E-state index < -0.39 is 29.7 Å². The van der Waals surface area contributed by atoms with E-state index in [4.69, 9.17) is 17.3 Å². The number of hydrogen-bond donors (Lipinski definition) is 2. The molecule has 0 unspecified atom stereocenters. The van der Waals surface area contributed by atoms with Crippen LogP contribution in [0.2, 0.25) is 5.02 Å². The molecule has 0 radical (unpaired) electrons. The number of nitrogens with zero attached hydrogens (tertiary/aromatic N) is 2. The molecule has 0 aliphatic heterocycles. The van der Waals surface area contributed by atoms with E-state index >= 15 is 0 Å². The first-order valence-electron chi connectivity index (χ1n) is 8.57. The van der Waals surface area contributed by atoms with Gasteiger partial charge in [-0.05, 0) is 55.2 Å². The molecule has 27 heavy (non-hydrogen) atoms. The topological polar surface area (TPSA) is 88.3 Å². The zero-order chi connectivity index (χ0) is 19.7. The van der Waals surface area contributed by atoms with E-state index in [1.807, 2.05) is 0 Å². The summed E-state index contributed by atoms with van der Waals surface area (Å²) in [6.45, 7) is 1.56. The fourth-order valence-electron chi connectivity index (χ4n) is 3.55. The van der Waals surface area contributed by atoms with Crippen molar-refractivity contribution in [2.24, 2.45) is 5.73 Å². The summed E-state index contributed by atoms with van der Waals surface area (Å²) in [5, 5.41) is 3.12. The zero-order valence-electron chi connectivity index (χ0n) is 15.0. The second-order valence-electron chi connectivity index (χ2n) is 6.45. The van der Waals surface area contributed by atoms with E-state index in [1.54, 1.807) is 38.4 Å². The maximum absolute atomic E-state index is 14.3. The van der Waals surface area contributed by atoms with Crippen molar-refractivity contribution >= 4 is 29.2 Å². The number of nitrogens with one attached hydrogen (secondary N) is 1. The molecular formula is C19H20ClFN4O2. The van der Waals surface area contributed by atoms with Crippen LogP contribution in [0.5, 0.6) is 0 Å². The van der Waals surface area contributed by atoms with Gasteiger partial charge in [0.15, 0.2) is 0 Å². The fourth-order valence-corrected chi connectivity index (χ4v) is 3.76. The molecule has 0 fully saturated rings. The molecule has 2 amide bonds. The highest BCUT2D eigenvalue weighted by Crippen LogP contribution is 2.40. The van der Waals surface area contributed by atoms with Gasteiger partial charge in [0.05, 0.1) is 11.6 Å². The third-order valence-corrected chi connectivity index (χ3v) is 5.11. The van der Waals surface area contributed by atoms with E-state index in [0.717, 1.165) is 0 Å². The number of fused-ring (bicyclic) bond motifs is 1. The number of carbonyl (C=O) groups is 2. The van der Waals surface area contributed by atoms with Crippen molar-refractivity contribution in [3.8, 4) is 0 Å². The Hall–Kier alpha value is -2.67. The Balaban J connectivity index is 2.10. The number of carbonyl (C=O) groups excluding carboxylic acids is 2. The van der Waals surface area contributed by atoms with Gasteiger partial charge >= 0.3 is 0 Å². The summed E-state index contributed by atoms with van der Waals surface area (Å²) in [4.78, 5) is 30.8. The Kier molecular flexibility index (Phi) is 5.32. The van der Waals surface area contributed by atoms with Gasteiger partial charge in [0, 0.05) is 18.3 Å². The van der Waals surface area contributed by atoms with Crippen LogP contribution in [0, 0.1) is 5.82 Å². The standard InChI is InChI=1S/C19H20ClFN4O2/c1-10(17(22)26)25(19(27)13-4-3-7-24-18(13)23-2)16-6-5-12-14(16)8-11(20)9-15(12)21/h3-4,7-10,16H,5-6H2,1-2H3,(H2,22,26)(H,23,24)/t10-,16-/m1/s1. The van der Waals surface area contributed by atoms with Gasteiger partial charge in [0.1, 0.15) is 17.7 Å². The number of rotatable bonds is 5. The van der Waals surface area contributed by atoms with Crippen LogP contribution in [0.4, 0.5) is 10.2 Å². The van der Waals surface area contributed by atoms with Crippen LogP contribution in [-0.4, -0.2) is 34.8 Å². The van der Waals surface area contributed by atoms with Crippen LogP contribution in [0.25, 0.3) is 0 Å². The van der Waals surface area contributed by atoms with Gasteiger partial charge in [-0.25, -0.2) is 9.37 Å². The monoisotopic (exact) mass is 390 g/mol. The lowest BCUT2D eigenvalue weighted by Gasteiger charge is -2.34. The van der Waals surface area contributed by atoms with Crippen molar-refractivity contribution in [1.29, 1.82) is 0 Å².